The Kier molecular flexibility index (Phi) is 7.43. The summed E-state index contributed by atoms with van der Waals surface area (Å²) in [6, 6.07) is 77.3. The monoisotopic (exact) mass is 792 g/mol. The number of rotatable bonds is 5. The van der Waals surface area contributed by atoms with Crippen LogP contribution in [0.25, 0.3) is 60.9 Å². The second-order valence-electron chi connectivity index (χ2n) is 18.2. The largest absolute Gasteiger partial charge is 0.310 e. The van der Waals surface area contributed by atoms with E-state index < -0.39 is 0 Å². The Morgan fingerprint density at radius 2 is 0.952 bits per heavy atom. The van der Waals surface area contributed by atoms with Gasteiger partial charge < -0.3 is 9.47 Å². The highest BCUT2D eigenvalue weighted by Gasteiger charge is 2.47. The summed E-state index contributed by atoms with van der Waals surface area (Å²) < 4.78 is 2.40. The van der Waals surface area contributed by atoms with Gasteiger partial charge in [0.2, 0.25) is 0 Å². The number of hydrogen-bond acceptors (Lipinski definition) is 1. The Morgan fingerprint density at radius 3 is 1.74 bits per heavy atom. The van der Waals surface area contributed by atoms with Crippen molar-refractivity contribution in [2.75, 3.05) is 4.90 Å². The van der Waals surface area contributed by atoms with Crippen molar-refractivity contribution in [3.63, 3.8) is 0 Å². The summed E-state index contributed by atoms with van der Waals surface area (Å²) in [6.45, 7) is 4.73. The molecule has 13 rings (SSSR count). The molecule has 10 aromatic rings. The van der Waals surface area contributed by atoms with E-state index in [1.54, 1.807) is 0 Å². The minimum atomic E-state index is -0.0943. The Bertz CT molecular complexity index is 3410. The third-order valence-corrected chi connectivity index (χ3v) is 14.6. The van der Waals surface area contributed by atoms with E-state index >= 15 is 0 Å². The zero-order chi connectivity index (χ0) is 41.2. The minimum Gasteiger partial charge on any atom is -0.310 e. The number of benzene rings is 9. The van der Waals surface area contributed by atoms with Gasteiger partial charge in [-0.2, -0.15) is 0 Å². The van der Waals surface area contributed by atoms with Crippen LogP contribution in [0.4, 0.5) is 17.1 Å². The second kappa shape index (κ2) is 13.0. The molecule has 62 heavy (non-hydrogen) atoms. The normalized spacial score (nSPS) is 14.7. The van der Waals surface area contributed by atoms with Crippen molar-refractivity contribution in [3.05, 3.63) is 240 Å². The molecule has 0 saturated heterocycles. The van der Waals surface area contributed by atoms with E-state index in [0.29, 0.717) is 0 Å². The van der Waals surface area contributed by atoms with Crippen molar-refractivity contribution >= 4 is 38.9 Å². The van der Waals surface area contributed by atoms with Crippen LogP contribution in [-0.2, 0) is 23.7 Å². The predicted molar refractivity (Wildman–Crippen MR) is 259 cm³/mol. The minimum absolute atomic E-state index is 0.0620. The smallest absolute Gasteiger partial charge is 0.0547 e. The lowest BCUT2D eigenvalue weighted by atomic mass is 9.75. The van der Waals surface area contributed by atoms with Crippen molar-refractivity contribution in [2.45, 2.75) is 37.5 Å². The SMILES string of the molecule is CC1(C)c2ccccc2-c2cc(N(c3ccc(-c4ccc5c6ccccc6n(-c6ccccc6)c5c4)cc3)c3ccc4c(c3)C3(Cc5ccccc5C3)c3ccccc3-4)ccc21. The molecule has 0 N–H and O–H groups in total. The van der Waals surface area contributed by atoms with E-state index in [9.17, 15) is 0 Å². The number of aromatic nitrogens is 1. The quantitative estimate of drug-likeness (QED) is 0.169. The number of nitrogens with zero attached hydrogens (tertiary/aromatic N) is 2. The molecule has 0 bridgehead atoms. The van der Waals surface area contributed by atoms with Crippen LogP contribution >= 0.6 is 0 Å². The molecule has 9 aromatic carbocycles. The average Bonchev–Trinajstić information content (AvgIpc) is 4.02. The Hall–Kier alpha value is -7.42. The summed E-state index contributed by atoms with van der Waals surface area (Å²) in [7, 11) is 0. The maximum atomic E-state index is 2.52. The topological polar surface area (TPSA) is 8.17 Å². The number of hydrogen-bond donors (Lipinski definition) is 0. The third kappa shape index (κ3) is 4.98. The Balaban J connectivity index is 0.970. The average molecular weight is 793 g/mol. The van der Waals surface area contributed by atoms with Gasteiger partial charge in [-0.1, -0.05) is 159 Å². The molecule has 3 aliphatic carbocycles. The van der Waals surface area contributed by atoms with Gasteiger partial charge in [0.25, 0.3) is 0 Å². The summed E-state index contributed by atoms with van der Waals surface area (Å²) in [5.41, 5.74) is 23.3. The van der Waals surface area contributed by atoms with Gasteiger partial charge >= 0.3 is 0 Å². The molecule has 294 valence electrons. The first kappa shape index (κ1) is 35.3. The van der Waals surface area contributed by atoms with Gasteiger partial charge in [0.15, 0.2) is 0 Å². The highest BCUT2D eigenvalue weighted by Crippen LogP contribution is 2.57. The maximum Gasteiger partial charge on any atom is 0.0547 e. The summed E-state index contributed by atoms with van der Waals surface area (Å²) in [5.74, 6) is 0. The van der Waals surface area contributed by atoms with Crippen molar-refractivity contribution in [1.82, 2.24) is 4.57 Å². The van der Waals surface area contributed by atoms with Crippen LogP contribution in [0.15, 0.2) is 206 Å². The van der Waals surface area contributed by atoms with Gasteiger partial charge in [0.05, 0.1) is 11.0 Å². The molecule has 0 radical (unpaired) electrons. The molecule has 0 aliphatic heterocycles. The van der Waals surface area contributed by atoms with Gasteiger partial charge in [-0.05, 0) is 140 Å². The number of fused-ring (bicyclic) bond motifs is 12. The van der Waals surface area contributed by atoms with E-state index in [1.165, 1.54) is 99.9 Å². The molecule has 1 heterocycles. The van der Waals surface area contributed by atoms with Crippen LogP contribution in [0.1, 0.15) is 47.2 Å². The maximum absolute atomic E-state index is 2.52. The molecule has 1 spiro atoms. The van der Waals surface area contributed by atoms with Crippen LogP contribution in [-0.4, -0.2) is 4.57 Å². The molecule has 0 amide bonds. The zero-order valence-electron chi connectivity index (χ0n) is 34.9. The van der Waals surface area contributed by atoms with Gasteiger partial charge in [0, 0.05) is 44.4 Å². The van der Waals surface area contributed by atoms with Crippen molar-refractivity contribution in [1.29, 1.82) is 0 Å². The molecule has 2 heteroatoms. The first-order chi connectivity index (χ1) is 30.5. The van der Waals surface area contributed by atoms with Gasteiger partial charge in [0.1, 0.15) is 0 Å². The van der Waals surface area contributed by atoms with E-state index in [1.807, 2.05) is 0 Å². The number of para-hydroxylation sites is 2. The van der Waals surface area contributed by atoms with E-state index in [4.69, 9.17) is 0 Å². The molecule has 0 saturated carbocycles. The third-order valence-electron chi connectivity index (χ3n) is 14.6. The lowest BCUT2D eigenvalue weighted by Gasteiger charge is -2.30. The van der Waals surface area contributed by atoms with Crippen LogP contribution in [0.2, 0.25) is 0 Å². The summed E-state index contributed by atoms with van der Waals surface area (Å²) in [6.07, 6.45) is 2.03. The van der Waals surface area contributed by atoms with Crippen molar-refractivity contribution in [2.24, 2.45) is 0 Å². The first-order valence-electron chi connectivity index (χ1n) is 22.0. The van der Waals surface area contributed by atoms with Crippen LogP contribution in [0.3, 0.4) is 0 Å². The van der Waals surface area contributed by atoms with Crippen LogP contribution in [0, 0.1) is 0 Å². The zero-order valence-corrected chi connectivity index (χ0v) is 34.9. The highest BCUT2D eigenvalue weighted by molar-refractivity contribution is 6.10. The molecular formula is C60H44N2. The van der Waals surface area contributed by atoms with E-state index in [2.05, 4.69) is 230 Å². The Labute approximate surface area is 363 Å². The molecule has 2 nitrogen and oxygen atoms in total. The first-order valence-corrected chi connectivity index (χ1v) is 22.0. The van der Waals surface area contributed by atoms with Crippen LogP contribution in [0.5, 0.6) is 0 Å². The molecular weight excluding hydrogens is 749 g/mol. The lowest BCUT2D eigenvalue weighted by Crippen LogP contribution is -2.26. The fourth-order valence-electron chi connectivity index (χ4n) is 11.7. The van der Waals surface area contributed by atoms with Gasteiger partial charge in [-0.3, -0.25) is 0 Å². The molecule has 0 fully saturated rings. The lowest BCUT2D eigenvalue weighted by molar-refractivity contribution is 0.563. The highest BCUT2D eigenvalue weighted by atomic mass is 15.1. The van der Waals surface area contributed by atoms with Crippen molar-refractivity contribution in [3.8, 4) is 39.1 Å². The molecule has 3 aliphatic rings. The second-order valence-corrected chi connectivity index (χ2v) is 18.2. The summed E-state index contributed by atoms with van der Waals surface area (Å²) in [4.78, 5) is 2.49. The Morgan fingerprint density at radius 1 is 0.387 bits per heavy atom. The standard InChI is InChI=1S/C60H44N2/c1-59(2)53-21-11-8-19-48(53)52-35-45(30-33-54(52)59)61(46-29-32-49-47-18-9-12-22-55(47)60(56(49)36-46)37-41-14-6-7-15-42(41)38-60)44-27-24-39(25-28-44)40-26-31-51-50-20-10-13-23-57(50)62(58(51)34-40)43-16-4-3-5-17-43/h3-36H,37-38H2,1-2H3. The van der Waals surface area contributed by atoms with Crippen molar-refractivity contribution < 1.29 is 0 Å². The van der Waals surface area contributed by atoms with Gasteiger partial charge in [-0.25, -0.2) is 0 Å². The number of anilines is 3. The summed E-state index contributed by atoms with van der Waals surface area (Å²) >= 11 is 0. The fraction of sp³-hybridized carbons (Fsp3) is 0.100. The van der Waals surface area contributed by atoms with E-state index in [0.717, 1.165) is 24.2 Å². The molecule has 0 unspecified atom stereocenters. The fourth-order valence-corrected chi connectivity index (χ4v) is 11.7. The summed E-state index contributed by atoms with van der Waals surface area (Å²) in [5, 5.41) is 2.53. The van der Waals surface area contributed by atoms with Crippen LogP contribution < -0.4 is 4.90 Å². The van der Waals surface area contributed by atoms with E-state index in [-0.39, 0.29) is 10.8 Å². The van der Waals surface area contributed by atoms with Gasteiger partial charge in [-0.15, -0.1) is 0 Å². The molecule has 0 atom stereocenters. The predicted octanol–water partition coefficient (Wildman–Crippen LogP) is 15.3. The molecule has 1 aromatic heterocycles.